The largest absolute Gasteiger partial charge is 0.416 e. The number of allylic oxidation sites excluding steroid dienone is 1. The van der Waals surface area contributed by atoms with E-state index in [1.165, 1.54) is 17.0 Å². The molecular formula is C16H18F3NO2. The molecule has 120 valence electrons. The molecule has 1 aliphatic rings. The standard InChI is InChI=1S/C16H18F3NO2/c1-10(2)6-15(22)20-9-13(21)8-14(20)11-4-3-5-12(7-11)16(17,18)19/h3-7,13-14,21H,8-9H2,1-2H3/t13-,14+/m0/s1. The first-order valence-corrected chi connectivity index (χ1v) is 6.99. The Kier molecular flexibility index (Phi) is 4.60. The Morgan fingerprint density at radius 1 is 1.36 bits per heavy atom. The number of aliphatic hydroxyl groups is 1. The van der Waals surface area contributed by atoms with Crippen LogP contribution in [-0.4, -0.2) is 28.6 Å². The van der Waals surface area contributed by atoms with E-state index in [-0.39, 0.29) is 18.9 Å². The van der Waals surface area contributed by atoms with Crippen LogP contribution < -0.4 is 0 Å². The summed E-state index contributed by atoms with van der Waals surface area (Å²) in [6.07, 6.45) is -3.49. The molecule has 0 radical (unpaired) electrons. The number of likely N-dealkylation sites (tertiary alicyclic amines) is 1. The fraction of sp³-hybridized carbons (Fsp3) is 0.438. The van der Waals surface area contributed by atoms with Gasteiger partial charge in [-0.15, -0.1) is 0 Å². The number of amides is 1. The number of benzene rings is 1. The summed E-state index contributed by atoms with van der Waals surface area (Å²) >= 11 is 0. The van der Waals surface area contributed by atoms with Crippen molar-refractivity contribution in [3.05, 3.63) is 47.0 Å². The second-order valence-corrected chi connectivity index (χ2v) is 5.74. The Morgan fingerprint density at radius 2 is 2.05 bits per heavy atom. The average molecular weight is 313 g/mol. The summed E-state index contributed by atoms with van der Waals surface area (Å²) in [5.74, 6) is -0.293. The fourth-order valence-corrected chi connectivity index (χ4v) is 2.63. The van der Waals surface area contributed by atoms with Gasteiger partial charge in [-0.1, -0.05) is 17.7 Å². The molecule has 0 saturated carbocycles. The van der Waals surface area contributed by atoms with Crippen molar-refractivity contribution in [1.29, 1.82) is 0 Å². The Labute approximate surface area is 127 Å². The van der Waals surface area contributed by atoms with Crippen molar-refractivity contribution in [2.75, 3.05) is 6.54 Å². The zero-order valence-electron chi connectivity index (χ0n) is 12.4. The van der Waals surface area contributed by atoms with Crippen molar-refractivity contribution in [2.45, 2.75) is 38.6 Å². The highest BCUT2D eigenvalue weighted by Gasteiger charge is 2.36. The van der Waals surface area contributed by atoms with Crippen LogP contribution >= 0.6 is 0 Å². The molecule has 1 aliphatic heterocycles. The summed E-state index contributed by atoms with van der Waals surface area (Å²) in [6, 6.07) is 4.39. The van der Waals surface area contributed by atoms with Crippen LogP contribution in [0.15, 0.2) is 35.9 Å². The monoisotopic (exact) mass is 313 g/mol. The molecule has 1 heterocycles. The van der Waals surface area contributed by atoms with Crippen LogP contribution in [0, 0.1) is 0 Å². The molecule has 0 aromatic heterocycles. The minimum absolute atomic E-state index is 0.128. The molecule has 3 nitrogen and oxygen atoms in total. The van der Waals surface area contributed by atoms with E-state index < -0.39 is 23.9 Å². The number of hydrogen-bond acceptors (Lipinski definition) is 2. The van der Waals surface area contributed by atoms with Gasteiger partial charge < -0.3 is 10.0 Å². The maximum absolute atomic E-state index is 12.8. The van der Waals surface area contributed by atoms with Gasteiger partial charge in [-0.3, -0.25) is 4.79 Å². The lowest BCUT2D eigenvalue weighted by Crippen LogP contribution is -2.30. The first-order valence-electron chi connectivity index (χ1n) is 6.99. The van der Waals surface area contributed by atoms with Gasteiger partial charge in [0.25, 0.3) is 0 Å². The molecule has 2 atom stereocenters. The predicted octanol–water partition coefficient (Wildman–Crippen LogP) is 3.31. The quantitative estimate of drug-likeness (QED) is 0.851. The number of aliphatic hydroxyl groups excluding tert-OH is 1. The maximum atomic E-state index is 12.8. The number of β-amino-alcohol motifs (C(OH)–C–C–N with tert-alkyl or cyclic N) is 1. The summed E-state index contributed by atoms with van der Waals surface area (Å²) < 4.78 is 38.5. The maximum Gasteiger partial charge on any atom is 0.416 e. The van der Waals surface area contributed by atoms with Crippen LogP contribution in [0.25, 0.3) is 0 Å². The van der Waals surface area contributed by atoms with Gasteiger partial charge in [0.1, 0.15) is 0 Å². The van der Waals surface area contributed by atoms with Gasteiger partial charge in [0.2, 0.25) is 5.91 Å². The normalized spacial score (nSPS) is 21.8. The molecule has 2 rings (SSSR count). The minimum atomic E-state index is -4.43. The van der Waals surface area contributed by atoms with Crippen molar-refractivity contribution in [3.8, 4) is 0 Å². The number of rotatable bonds is 2. The second-order valence-electron chi connectivity index (χ2n) is 5.74. The molecule has 0 spiro atoms. The minimum Gasteiger partial charge on any atom is -0.391 e. The number of carbonyl (C=O) groups excluding carboxylic acids is 1. The highest BCUT2D eigenvalue weighted by atomic mass is 19.4. The van der Waals surface area contributed by atoms with Crippen molar-refractivity contribution >= 4 is 5.91 Å². The molecule has 1 aromatic rings. The Hall–Kier alpha value is -1.82. The van der Waals surface area contributed by atoms with Crippen molar-refractivity contribution in [1.82, 2.24) is 4.90 Å². The van der Waals surface area contributed by atoms with Gasteiger partial charge >= 0.3 is 6.18 Å². The first kappa shape index (κ1) is 16.5. The summed E-state index contributed by atoms with van der Waals surface area (Å²) in [4.78, 5) is 13.6. The van der Waals surface area contributed by atoms with Crippen LogP contribution in [-0.2, 0) is 11.0 Å². The molecule has 0 unspecified atom stereocenters. The molecule has 6 heteroatoms. The molecule has 0 aliphatic carbocycles. The second kappa shape index (κ2) is 6.12. The molecule has 0 bridgehead atoms. The van der Waals surface area contributed by atoms with E-state index in [2.05, 4.69) is 0 Å². The van der Waals surface area contributed by atoms with E-state index >= 15 is 0 Å². The Bertz CT molecular complexity index is 591. The van der Waals surface area contributed by atoms with Gasteiger partial charge in [-0.2, -0.15) is 13.2 Å². The third-order valence-electron chi connectivity index (χ3n) is 3.57. The van der Waals surface area contributed by atoms with Crippen LogP contribution in [0.3, 0.4) is 0 Å². The number of nitrogens with zero attached hydrogens (tertiary/aromatic N) is 1. The van der Waals surface area contributed by atoms with Crippen molar-refractivity contribution in [3.63, 3.8) is 0 Å². The molecule has 1 N–H and O–H groups in total. The van der Waals surface area contributed by atoms with Crippen LogP contribution in [0.5, 0.6) is 0 Å². The van der Waals surface area contributed by atoms with Gasteiger partial charge in [0, 0.05) is 12.6 Å². The van der Waals surface area contributed by atoms with E-state index in [0.717, 1.165) is 17.7 Å². The summed E-state index contributed by atoms with van der Waals surface area (Å²) in [7, 11) is 0. The lowest BCUT2D eigenvalue weighted by molar-refractivity contribution is -0.137. The molecule has 1 amide bonds. The first-order chi connectivity index (χ1) is 10.2. The van der Waals surface area contributed by atoms with Gasteiger partial charge in [0.05, 0.1) is 17.7 Å². The lowest BCUT2D eigenvalue weighted by Gasteiger charge is -2.24. The lowest BCUT2D eigenvalue weighted by atomic mass is 10.0. The van der Waals surface area contributed by atoms with Crippen LogP contribution in [0.1, 0.15) is 37.4 Å². The van der Waals surface area contributed by atoms with Crippen LogP contribution in [0.4, 0.5) is 13.2 Å². The number of halogens is 3. The summed E-state index contributed by atoms with van der Waals surface area (Å²) in [5, 5.41) is 9.81. The van der Waals surface area contributed by atoms with E-state index in [1.54, 1.807) is 19.9 Å². The van der Waals surface area contributed by atoms with Crippen molar-refractivity contribution in [2.24, 2.45) is 0 Å². The predicted molar refractivity (Wildman–Crippen MR) is 76.0 cm³/mol. The van der Waals surface area contributed by atoms with Gasteiger partial charge in [-0.05, 0) is 38.0 Å². The third-order valence-corrected chi connectivity index (χ3v) is 3.57. The number of carbonyl (C=O) groups is 1. The third kappa shape index (κ3) is 3.68. The molecule has 1 aromatic carbocycles. The zero-order valence-corrected chi connectivity index (χ0v) is 12.4. The average Bonchev–Trinajstić information content (AvgIpc) is 2.79. The molecule has 1 saturated heterocycles. The van der Waals surface area contributed by atoms with E-state index in [9.17, 15) is 23.1 Å². The molecule has 1 fully saturated rings. The van der Waals surface area contributed by atoms with Gasteiger partial charge in [-0.25, -0.2) is 0 Å². The SMILES string of the molecule is CC(C)=CC(=O)N1C[C@@H](O)C[C@@H]1c1cccc(C(F)(F)F)c1. The summed E-state index contributed by atoms with van der Waals surface area (Å²) in [6.45, 7) is 3.66. The topological polar surface area (TPSA) is 40.5 Å². The highest BCUT2D eigenvalue weighted by Crippen LogP contribution is 2.36. The van der Waals surface area contributed by atoms with E-state index in [1.807, 2.05) is 0 Å². The molecular weight excluding hydrogens is 295 g/mol. The smallest absolute Gasteiger partial charge is 0.391 e. The number of hydrogen-bond donors (Lipinski definition) is 1. The highest BCUT2D eigenvalue weighted by molar-refractivity contribution is 5.88. The molecule has 22 heavy (non-hydrogen) atoms. The Balaban J connectivity index is 2.33. The fourth-order valence-electron chi connectivity index (χ4n) is 2.63. The number of alkyl halides is 3. The van der Waals surface area contributed by atoms with Crippen LogP contribution in [0.2, 0.25) is 0 Å². The Morgan fingerprint density at radius 3 is 2.64 bits per heavy atom. The van der Waals surface area contributed by atoms with Crippen molar-refractivity contribution < 1.29 is 23.1 Å². The van der Waals surface area contributed by atoms with Gasteiger partial charge in [0.15, 0.2) is 0 Å². The van der Waals surface area contributed by atoms with E-state index in [4.69, 9.17) is 0 Å². The zero-order chi connectivity index (χ0) is 16.5. The van der Waals surface area contributed by atoms with E-state index in [0.29, 0.717) is 5.56 Å². The summed E-state index contributed by atoms with van der Waals surface area (Å²) in [5.41, 5.74) is 0.442.